The van der Waals surface area contributed by atoms with Crippen LogP contribution in [0.4, 0.5) is 0 Å². The summed E-state index contributed by atoms with van der Waals surface area (Å²) in [6, 6.07) is 7.53. The fourth-order valence-electron chi connectivity index (χ4n) is 1.84. The molecule has 90 valence electrons. The highest BCUT2D eigenvalue weighted by molar-refractivity contribution is 9.11. The van der Waals surface area contributed by atoms with Crippen LogP contribution in [0, 0.1) is 13.8 Å². The van der Waals surface area contributed by atoms with Crippen molar-refractivity contribution in [1.82, 2.24) is 0 Å². The van der Waals surface area contributed by atoms with Crippen molar-refractivity contribution in [2.24, 2.45) is 0 Å². The fourth-order valence-corrected chi connectivity index (χ4v) is 3.81. The van der Waals surface area contributed by atoms with Gasteiger partial charge in [0.05, 0.1) is 3.79 Å². The monoisotopic (exact) mass is 330 g/mol. The van der Waals surface area contributed by atoms with Gasteiger partial charge in [0.15, 0.2) is 0 Å². The Morgan fingerprint density at radius 1 is 1.24 bits per heavy atom. The molecule has 1 aromatic heterocycles. The molecular formula is C13H12BrClOS. The van der Waals surface area contributed by atoms with E-state index in [1.54, 1.807) is 11.3 Å². The van der Waals surface area contributed by atoms with Gasteiger partial charge in [-0.05, 0) is 64.7 Å². The molecule has 0 spiro atoms. The van der Waals surface area contributed by atoms with Crippen molar-refractivity contribution in [1.29, 1.82) is 0 Å². The highest BCUT2D eigenvalue weighted by Crippen LogP contribution is 2.35. The predicted octanol–water partition coefficient (Wildman–Crippen LogP) is 4.86. The zero-order chi connectivity index (χ0) is 12.6. The molecule has 1 unspecified atom stereocenters. The molecule has 1 atom stereocenters. The summed E-state index contributed by atoms with van der Waals surface area (Å²) in [6.45, 7) is 3.97. The second-order valence-corrected chi connectivity index (χ2v) is 7.04. The van der Waals surface area contributed by atoms with Crippen LogP contribution in [-0.4, -0.2) is 5.11 Å². The number of aliphatic hydroxyl groups excluding tert-OH is 1. The van der Waals surface area contributed by atoms with Crippen molar-refractivity contribution in [2.45, 2.75) is 20.0 Å². The molecule has 1 heterocycles. The Labute approximate surface area is 118 Å². The molecule has 0 bridgehead atoms. The van der Waals surface area contributed by atoms with Gasteiger partial charge in [0.25, 0.3) is 0 Å². The molecule has 0 radical (unpaired) electrons. The Morgan fingerprint density at radius 3 is 2.47 bits per heavy atom. The summed E-state index contributed by atoms with van der Waals surface area (Å²) in [5, 5.41) is 11.1. The molecule has 0 aliphatic heterocycles. The maximum atomic E-state index is 10.4. The van der Waals surface area contributed by atoms with E-state index in [0.29, 0.717) is 5.02 Å². The summed E-state index contributed by atoms with van der Waals surface area (Å²) in [4.78, 5) is 1.12. The van der Waals surface area contributed by atoms with E-state index in [4.69, 9.17) is 11.6 Å². The molecule has 1 N–H and O–H groups in total. The fraction of sp³-hybridized carbons (Fsp3) is 0.231. The SMILES string of the molecule is Cc1cc(Cl)ccc1C(O)c1cc(Br)sc1C. The minimum absolute atomic E-state index is 0.588. The van der Waals surface area contributed by atoms with Crippen molar-refractivity contribution >= 4 is 38.9 Å². The van der Waals surface area contributed by atoms with Crippen LogP contribution in [0.15, 0.2) is 28.1 Å². The number of rotatable bonds is 2. The van der Waals surface area contributed by atoms with Crippen LogP contribution in [0.5, 0.6) is 0 Å². The average molecular weight is 332 g/mol. The van der Waals surface area contributed by atoms with Crippen LogP contribution >= 0.6 is 38.9 Å². The molecular weight excluding hydrogens is 320 g/mol. The molecule has 0 aliphatic carbocycles. The summed E-state index contributed by atoms with van der Waals surface area (Å²) < 4.78 is 1.04. The minimum atomic E-state index is -0.588. The number of thiophene rings is 1. The van der Waals surface area contributed by atoms with Crippen LogP contribution in [0.3, 0.4) is 0 Å². The summed E-state index contributed by atoms with van der Waals surface area (Å²) in [6.07, 6.45) is -0.588. The molecule has 4 heteroatoms. The van der Waals surface area contributed by atoms with Crippen molar-refractivity contribution in [3.05, 3.63) is 54.6 Å². The standard InChI is InChI=1S/C13H12BrClOS/c1-7-5-9(15)3-4-10(7)13(16)11-6-12(14)17-8(11)2/h3-6,13,16H,1-2H3. The summed E-state index contributed by atoms with van der Waals surface area (Å²) >= 11 is 11.0. The highest BCUT2D eigenvalue weighted by atomic mass is 79.9. The Morgan fingerprint density at radius 2 is 1.94 bits per heavy atom. The summed E-state index contributed by atoms with van der Waals surface area (Å²) in [7, 11) is 0. The quantitative estimate of drug-likeness (QED) is 0.833. The van der Waals surface area contributed by atoms with Gasteiger partial charge < -0.3 is 5.11 Å². The maximum absolute atomic E-state index is 10.4. The first-order valence-corrected chi connectivity index (χ1v) is 7.17. The first-order valence-electron chi connectivity index (χ1n) is 5.19. The zero-order valence-corrected chi connectivity index (χ0v) is 12.7. The molecule has 2 aromatic rings. The van der Waals surface area contributed by atoms with Gasteiger partial charge in [-0.25, -0.2) is 0 Å². The topological polar surface area (TPSA) is 20.2 Å². The van der Waals surface area contributed by atoms with Crippen LogP contribution in [0.25, 0.3) is 0 Å². The van der Waals surface area contributed by atoms with Crippen LogP contribution in [-0.2, 0) is 0 Å². The van der Waals surface area contributed by atoms with Crippen molar-refractivity contribution in [2.75, 3.05) is 0 Å². The smallest absolute Gasteiger partial charge is 0.105 e. The summed E-state index contributed by atoms with van der Waals surface area (Å²) in [5.41, 5.74) is 2.86. The second kappa shape index (κ2) is 5.11. The molecule has 1 aromatic carbocycles. The van der Waals surface area contributed by atoms with E-state index in [1.165, 1.54) is 0 Å². The third-order valence-corrected chi connectivity index (χ3v) is 4.55. The van der Waals surface area contributed by atoms with E-state index < -0.39 is 6.10 Å². The van der Waals surface area contributed by atoms with Gasteiger partial charge in [0.1, 0.15) is 6.10 Å². The number of benzene rings is 1. The second-order valence-electron chi connectivity index (χ2n) is 3.97. The number of aliphatic hydroxyl groups is 1. The first-order chi connectivity index (χ1) is 7.99. The van der Waals surface area contributed by atoms with E-state index in [9.17, 15) is 5.11 Å². The molecule has 2 rings (SSSR count). The Hall–Kier alpha value is -0.350. The third-order valence-electron chi connectivity index (χ3n) is 2.75. The number of halogens is 2. The summed E-state index contributed by atoms with van der Waals surface area (Å²) in [5.74, 6) is 0. The molecule has 0 fully saturated rings. The largest absolute Gasteiger partial charge is 0.384 e. The van der Waals surface area contributed by atoms with Gasteiger partial charge in [0, 0.05) is 9.90 Å². The zero-order valence-electron chi connectivity index (χ0n) is 9.50. The molecule has 0 saturated carbocycles. The van der Waals surface area contributed by atoms with Crippen molar-refractivity contribution < 1.29 is 5.11 Å². The molecule has 0 aliphatic rings. The third kappa shape index (κ3) is 2.74. The van der Waals surface area contributed by atoms with Gasteiger partial charge in [-0.2, -0.15) is 0 Å². The van der Waals surface area contributed by atoms with Crippen LogP contribution in [0.2, 0.25) is 5.02 Å². The van der Waals surface area contributed by atoms with E-state index >= 15 is 0 Å². The molecule has 17 heavy (non-hydrogen) atoms. The van der Waals surface area contributed by atoms with E-state index in [1.807, 2.05) is 38.1 Å². The first kappa shape index (κ1) is 13.1. The van der Waals surface area contributed by atoms with Crippen LogP contribution < -0.4 is 0 Å². The van der Waals surface area contributed by atoms with Crippen molar-refractivity contribution in [3.63, 3.8) is 0 Å². The van der Waals surface area contributed by atoms with Crippen LogP contribution in [0.1, 0.15) is 27.7 Å². The van der Waals surface area contributed by atoms with Gasteiger partial charge in [-0.3, -0.25) is 0 Å². The van der Waals surface area contributed by atoms with Gasteiger partial charge in [0.2, 0.25) is 0 Å². The maximum Gasteiger partial charge on any atom is 0.105 e. The Balaban J connectivity index is 2.43. The molecule has 0 saturated heterocycles. The highest BCUT2D eigenvalue weighted by Gasteiger charge is 2.17. The molecule has 0 amide bonds. The Bertz CT molecular complexity index is 550. The van der Waals surface area contributed by atoms with E-state index in [-0.39, 0.29) is 0 Å². The van der Waals surface area contributed by atoms with Crippen molar-refractivity contribution in [3.8, 4) is 0 Å². The molecule has 1 nitrogen and oxygen atoms in total. The van der Waals surface area contributed by atoms with Gasteiger partial charge in [-0.1, -0.05) is 17.7 Å². The lowest BCUT2D eigenvalue weighted by molar-refractivity contribution is 0.219. The minimum Gasteiger partial charge on any atom is -0.384 e. The lowest BCUT2D eigenvalue weighted by Gasteiger charge is -2.14. The van der Waals surface area contributed by atoms with E-state index in [0.717, 1.165) is 25.4 Å². The van der Waals surface area contributed by atoms with Gasteiger partial charge >= 0.3 is 0 Å². The normalized spacial score (nSPS) is 12.8. The Kier molecular flexibility index (Phi) is 3.93. The lowest BCUT2D eigenvalue weighted by Crippen LogP contribution is -2.01. The average Bonchev–Trinajstić information content (AvgIpc) is 2.57. The number of aryl methyl sites for hydroxylation is 2. The lowest BCUT2D eigenvalue weighted by atomic mass is 9.98. The van der Waals surface area contributed by atoms with Gasteiger partial charge in [-0.15, -0.1) is 11.3 Å². The number of hydrogen-bond donors (Lipinski definition) is 1. The number of hydrogen-bond acceptors (Lipinski definition) is 2. The predicted molar refractivity (Wildman–Crippen MR) is 77.0 cm³/mol. The van der Waals surface area contributed by atoms with E-state index in [2.05, 4.69) is 15.9 Å².